The van der Waals surface area contributed by atoms with Gasteiger partial charge in [-0.05, 0) is 31.6 Å². The molecule has 0 unspecified atom stereocenters. The molecule has 0 fully saturated rings. The molecule has 0 rings (SSSR count). The molecule has 0 saturated carbocycles. The van der Waals surface area contributed by atoms with E-state index in [1.54, 1.807) is 31.9 Å². The van der Waals surface area contributed by atoms with Gasteiger partial charge in [0.25, 0.3) is 0 Å². The molecule has 0 aliphatic heterocycles. The van der Waals surface area contributed by atoms with Crippen LogP contribution in [0.15, 0.2) is 11.6 Å². The monoisotopic (exact) mass is 410 g/mol. The van der Waals surface area contributed by atoms with Gasteiger partial charge in [0, 0.05) is 18.0 Å². The van der Waals surface area contributed by atoms with Crippen molar-refractivity contribution >= 4 is 17.8 Å². The maximum absolute atomic E-state index is 13.4. The Morgan fingerprint density at radius 2 is 1.59 bits per heavy atom. The Kier molecular flexibility index (Phi) is 10.1. The van der Waals surface area contributed by atoms with Gasteiger partial charge in [0.05, 0.1) is 12.6 Å². The minimum atomic E-state index is -0.677. The second-order valence-corrected chi connectivity index (χ2v) is 9.76. The van der Waals surface area contributed by atoms with E-state index in [-0.39, 0.29) is 29.7 Å². The molecule has 0 aliphatic carbocycles. The minimum absolute atomic E-state index is 0.0803. The van der Waals surface area contributed by atoms with Gasteiger partial charge in [0.2, 0.25) is 11.8 Å². The molecule has 0 aromatic rings. The van der Waals surface area contributed by atoms with Crippen LogP contribution in [-0.4, -0.2) is 48.4 Å². The molecule has 0 bridgehead atoms. The third-order valence-electron chi connectivity index (χ3n) is 5.38. The molecule has 0 saturated heterocycles. The lowest BCUT2D eigenvalue weighted by Gasteiger charge is -2.38. The fourth-order valence-electron chi connectivity index (χ4n) is 2.81. The molecule has 0 aromatic carbocycles. The molecular weight excluding hydrogens is 368 g/mol. The molecule has 2 atom stereocenters. The zero-order chi connectivity index (χ0) is 23.2. The van der Waals surface area contributed by atoms with Crippen LogP contribution in [0.2, 0.25) is 0 Å². The zero-order valence-corrected chi connectivity index (χ0v) is 20.3. The molecule has 1 N–H and O–H groups in total. The summed E-state index contributed by atoms with van der Waals surface area (Å²) in [4.78, 5) is 39.8. The van der Waals surface area contributed by atoms with Gasteiger partial charge in [-0.2, -0.15) is 0 Å². The molecule has 0 aromatic heterocycles. The Balaban J connectivity index is 5.83. The fraction of sp³-hybridized carbons (Fsp3) is 0.783. The van der Waals surface area contributed by atoms with Crippen LogP contribution >= 0.6 is 0 Å². The minimum Gasteiger partial charge on any atom is -0.463 e. The van der Waals surface area contributed by atoms with Crippen LogP contribution in [0.3, 0.4) is 0 Å². The van der Waals surface area contributed by atoms with Crippen molar-refractivity contribution in [2.24, 2.45) is 16.7 Å². The number of hydrogen-bond donors (Lipinski definition) is 1. The number of likely N-dealkylation sites (N-methyl/N-ethyl adjacent to an activating group) is 1. The highest BCUT2D eigenvalue weighted by atomic mass is 16.5. The standard InChI is InChI=1S/C23H42N2O4/c1-12-23(9,10)21(28)24-18(22(6,7)8)19(26)25(11)17(15(3)4)14-16(5)20(27)29-13-2/h14-15,17-18H,12-13H2,1-11H3,(H,24,28)/b16-14+/t17-,18-/m1/s1. The van der Waals surface area contributed by atoms with Gasteiger partial charge in [-0.1, -0.05) is 61.5 Å². The first-order chi connectivity index (χ1) is 13.1. The van der Waals surface area contributed by atoms with Gasteiger partial charge >= 0.3 is 5.97 Å². The Hall–Kier alpha value is -1.85. The van der Waals surface area contributed by atoms with E-state index in [0.717, 1.165) is 0 Å². The molecule has 6 nitrogen and oxygen atoms in total. The van der Waals surface area contributed by atoms with Crippen molar-refractivity contribution < 1.29 is 19.1 Å². The van der Waals surface area contributed by atoms with Crippen LogP contribution in [0.1, 0.15) is 75.7 Å². The SMILES string of the molecule is CCOC(=O)/C(C)=C/[C@H](C(C)C)N(C)C(=O)[C@@H](NC(=O)C(C)(C)CC)C(C)(C)C. The van der Waals surface area contributed by atoms with E-state index in [4.69, 9.17) is 4.74 Å². The van der Waals surface area contributed by atoms with Gasteiger partial charge in [-0.3, -0.25) is 9.59 Å². The number of ether oxygens (including phenoxy) is 1. The van der Waals surface area contributed by atoms with Crippen molar-refractivity contribution in [3.8, 4) is 0 Å². The Labute approximate surface area is 177 Å². The maximum Gasteiger partial charge on any atom is 0.333 e. The molecule has 0 radical (unpaired) electrons. The Bertz CT molecular complexity index is 615. The van der Waals surface area contributed by atoms with E-state index in [2.05, 4.69) is 5.32 Å². The van der Waals surface area contributed by atoms with Gasteiger partial charge < -0.3 is 15.0 Å². The van der Waals surface area contributed by atoms with Crippen LogP contribution in [0.4, 0.5) is 0 Å². The normalized spacial score (nSPS) is 15.0. The van der Waals surface area contributed by atoms with Crippen molar-refractivity contribution in [3.63, 3.8) is 0 Å². The summed E-state index contributed by atoms with van der Waals surface area (Å²) in [6.07, 6.45) is 2.45. The van der Waals surface area contributed by atoms with Crippen LogP contribution in [0.5, 0.6) is 0 Å². The van der Waals surface area contributed by atoms with Crippen molar-refractivity contribution in [2.45, 2.75) is 87.7 Å². The zero-order valence-electron chi connectivity index (χ0n) is 20.3. The third kappa shape index (κ3) is 7.82. The predicted molar refractivity (Wildman–Crippen MR) is 117 cm³/mol. The van der Waals surface area contributed by atoms with E-state index in [1.807, 2.05) is 55.4 Å². The first-order valence-corrected chi connectivity index (χ1v) is 10.5. The average molecular weight is 411 g/mol. The summed E-state index contributed by atoms with van der Waals surface area (Å²) in [5.41, 5.74) is -0.555. The van der Waals surface area contributed by atoms with Crippen molar-refractivity contribution in [1.29, 1.82) is 0 Å². The largest absolute Gasteiger partial charge is 0.463 e. The van der Waals surface area contributed by atoms with Crippen LogP contribution in [-0.2, 0) is 19.1 Å². The number of hydrogen-bond acceptors (Lipinski definition) is 4. The highest BCUT2D eigenvalue weighted by Gasteiger charge is 2.39. The van der Waals surface area contributed by atoms with Crippen LogP contribution in [0, 0.1) is 16.7 Å². The Morgan fingerprint density at radius 3 is 1.97 bits per heavy atom. The van der Waals surface area contributed by atoms with E-state index in [9.17, 15) is 14.4 Å². The summed E-state index contributed by atoms with van der Waals surface area (Å²) in [6.45, 7) is 19.3. The van der Waals surface area contributed by atoms with Gasteiger partial charge in [0.1, 0.15) is 6.04 Å². The van der Waals surface area contributed by atoms with Gasteiger partial charge in [-0.15, -0.1) is 0 Å². The molecule has 0 spiro atoms. The summed E-state index contributed by atoms with van der Waals surface area (Å²) in [5.74, 6) is -0.619. The molecule has 0 heterocycles. The molecular formula is C23H42N2O4. The highest BCUT2D eigenvalue weighted by molar-refractivity contribution is 5.91. The number of rotatable bonds is 9. The molecule has 2 amide bonds. The van der Waals surface area contributed by atoms with E-state index >= 15 is 0 Å². The summed E-state index contributed by atoms with van der Waals surface area (Å²) < 4.78 is 5.06. The first kappa shape index (κ1) is 27.1. The topological polar surface area (TPSA) is 75.7 Å². The number of carbonyl (C=O) groups is 3. The summed E-state index contributed by atoms with van der Waals surface area (Å²) >= 11 is 0. The van der Waals surface area contributed by atoms with Crippen LogP contribution < -0.4 is 5.32 Å². The number of nitrogens with zero attached hydrogens (tertiary/aromatic N) is 1. The Morgan fingerprint density at radius 1 is 1.07 bits per heavy atom. The van der Waals surface area contributed by atoms with Crippen molar-refractivity contribution in [3.05, 3.63) is 11.6 Å². The van der Waals surface area contributed by atoms with Gasteiger partial charge in [0.15, 0.2) is 0 Å². The summed E-state index contributed by atoms with van der Waals surface area (Å²) in [7, 11) is 1.72. The van der Waals surface area contributed by atoms with Crippen molar-refractivity contribution in [2.75, 3.05) is 13.7 Å². The number of carbonyl (C=O) groups excluding carboxylic acids is 3. The molecule has 6 heteroatoms. The maximum atomic E-state index is 13.4. The number of esters is 1. The van der Waals surface area contributed by atoms with E-state index < -0.39 is 16.9 Å². The second-order valence-electron chi connectivity index (χ2n) is 9.76. The smallest absolute Gasteiger partial charge is 0.333 e. The van der Waals surface area contributed by atoms with Crippen LogP contribution in [0.25, 0.3) is 0 Å². The quantitative estimate of drug-likeness (QED) is 0.461. The molecule has 168 valence electrons. The highest BCUT2D eigenvalue weighted by Crippen LogP contribution is 2.26. The number of amides is 2. The summed E-state index contributed by atoms with van der Waals surface area (Å²) in [5, 5.41) is 2.98. The lowest BCUT2D eigenvalue weighted by Crippen LogP contribution is -2.58. The van der Waals surface area contributed by atoms with E-state index in [1.165, 1.54) is 0 Å². The molecule has 29 heavy (non-hydrogen) atoms. The van der Waals surface area contributed by atoms with E-state index in [0.29, 0.717) is 18.6 Å². The number of nitrogens with one attached hydrogen (secondary N) is 1. The van der Waals surface area contributed by atoms with Gasteiger partial charge in [-0.25, -0.2) is 4.79 Å². The first-order valence-electron chi connectivity index (χ1n) is 10.5. The predicted octanol–water partition coefficient (Wildman–Crippen LogP) is 3.95. The average Bonchev–Trinajstić information content (AvgIpc) is 2.61. The summed E-state index contributed by atoms with van der Waals surface area (Å²) in [6, 6.07) is -0.976. The molecule has 0 aliphatic rings. The lowest BCUT2D eigenvalue weighted by atomic mass is 9.83. The second kappa shape index (κ2) is 10.8. The lowest BCUT2D eigenvalue weighted by molar-refractivity contribution is -0.142. The van der Waals surface area contributed by atoms with Crippen molar-refractivity contribution in [1.82, 2.24) is 10.2 Å². The fourth-order valence-corrected chi connectivity index (χ4v) is 2.81. The third-order valence-corrected chi connectivity index (χ3v) is 5.38.